The summed E-state index contributed by atoms with van der Waals surface area (Å²) in [6.45, 7) is 4.50. The van der Waals surface area contributed by atoms with E-state index in [4.69, 9.17) is 27.9 Å². The van der Waals surface area contributed by atoms with E-state index in [9.17, 15) is 14.4 Å². The van der Waals surface area contributed by atoms with Gasteiger partial charge in [-0.1, -0.05) is 41.4 Å². The molecule has 0 aliphatic carbocycles. The first-order chi connectivity index (χ1) is 16.4. The second kappa shape index (κ2) is 11.2. The number of amides is 3. The lowest BCUT2D eigenvalue weighted by atomic mass is 10.1. The van der Waals surface area contributed by atoms with E-state index in [2.05, 4.69) is 15.5 Å². The van der Waals surface area contributed by atoms with E-state index >= 15 is 0 Å². The number of hydrogen-bond donors (Lipinski definition) is 2. The van der Waals surface area contributed by atoms with Crippen LogP contribution in [0.1, 0.15) is 16.8 Å². The highest BCUT2D eigenvalue weighted by molar-refractivity contribution is 6.44. The SMILES string of the molecule is O=C(NCCN1CCOCC1)c1ccccc1NC(=O)[C@@H]1CC(=O)N(c2cccc(Cl)c2Cl)C1. The third-order valence-corrected chi connectivity index (χ3v) is 6.77. The van der Waals surface area contributed by atoms with Crippen molar-refractivity contribution >= 4 is 52.3 Å². The van der Waals surface area contributed by atoms with Crippen LogP contribution in [0.2, 0.25) is 10.0 Å². The summed E-state index contributed by atoms with van der Waals surface area (Å²) in [7, 11) is 0. The van der Waals surface area contributed by atoms with Crippen molar-refractivity contribution < 1.29 is 19.1 Å². The Morgan fingerprint density at radius 1 is 1.06 bits per heavy atom. The Balaban J connectivity index is 1.37. The first-order valence-corrected chi connectivity index (χ1v) is 11.9. The fourth-order valence-corrected chi connectivity index (χ4v) is 4.49. The molecule has 2 N–H and O–H groups in total. The van der Waals surface area contributed by atoms with E-state index in [0.717, 1.165) is 19.6 Å². The van der Waals surface area contributed by atoms with Crippen molar-refractivity contribution in [3.63, 3.8) is 0 Å². The van der Waals surface area contributed by atoms with E-state index in [1.54, 1.807) is 42.5 Å². The third-order valence-electron chi connectivity index (χ3n) is 5.96. The Labute approximate surface area is 208 Å². The van der Waals surface area contributed by atoms with Crippen LogP contribution >= 0.6 is 23.2 Å². The molecule has 1 atom stereocenters. The van der Waals surface area contributed by atoms with E-state index in [-0.39, 0.29) is 35.7 Å². The maximum absolute atomic E-state index is 13.0. The molecule has 10 heteroatoms. The topological polar surface area (TPSA) is 91.0 Å². The van der Waals surface area contributed by atoms with Gasteiger partial charge < -0.3 is 20.3 Å². The van der Waals surface area contributed by atoms with Crippen LogP contribution in [0, 0.1) is 5.92 Å². The number of carbonyl (C=O) groups excluding carboxylic acids is 3. The van der Waals surface area contributed by atoms with Gasteiger partial charge in [0.05, 0.1) is 46.1 Å². The quantitative estimate of drug-likeness (QED) is 0.604. The minimum absolute atomic E-state index is 0.0442. The van der Waals surface area contributed by atoms with Crippen LogP contribution < -0.4 is 15.5 Å². The summed E-state index contributed by atoms with van der Waals surface area (Å²) < 4.78 is 5.33. The molecule has 4 rings (SSSR count). The fourth-order valence-electron chi connectivity index (χ4n) is 4.09. The van der Waals surface area contributed by atoms with Crippen molar-refractivity contribution in [2.45, 2.75) is 6.42 Å². The average molecular weight is 505 g/mol. The molecule has 2 fully saturated rings. The number of benzene rings is 2. The Bertz CT molecular complexity index is 1070. The standard InChI is InChI=1S/C24H26Cl2N4O4/c25-18-5-3-7-20(22(18)26)30-15-16(14-21(30)31)23(32)28-19-6-2-1-4-17(19)24(33)27-8-9-29-10-12-34-13-11-29/h1-7,16H,8-15H2,(H,27,33)(H,28,32)/t16-/m1/s1. The highest BCUT2D eigenvalue weighted by Crippen LogP contribution is 2.36. The summed E-state index contributed by atoms with van der Waals surface area (Å²) in [4.78, 5) is 42.1. The van der Waals surface area contributed by atoms with Crippen LogP contribution in [-0.4, -0.2) is 68.6 Å². The molecule has 0 radical (unpaired) electrons. The fraction of sp³-hybridized carbons (Fsp3) is 0.375. The summed E-state index contributed by atoms with van der Waals surface area (Å²) in [5, 5.41) is 6.36. The average Bonchev–Trinajstić information content (AvgIpc) is 3.23. The molecule has 8 nitrogen and oxygen atoms in total. The molecule has 2 aromatic carbocycles. The molecule has 34 heavy (non-hydrogen) atoms. The highest BCUT2D eigenvalue weighted by atomic mass is 35.5. The number of ether oxygens (including phenoxy) is 1. The van der Waals surface area contributed by atoms with Gasteiger partial charge in [0.1, 0.15) is 0 Å². The number of carbonyl (C=O) groups is 3. The largest absolute Gasteiger partial charge is 0.379 e. The summed E-state index contributed by atoms with van der Waals surface area (Å²) in [5.74, 6) is -1.39. The van der Waals surface area contributed by atoms with Crippen molar-refractivity contribution in [1.82, 2.24) is 10.2 Å². The highest BCUT2D eigenvalue weighted by Gasteiger charge is 2.36. The number of hydrogen-bond acceptors (Lipinski definition) is 5. The molecule has 0 saturated carbocycles. The Morgan fingerprint density at radius 3 is 2.62 bits per heavy atom. The van der Waals surface area contributed by atoms with Crippen molar-refractivity contribution in [3.05, 3.63) is 58.1 Å². The molecule has 2 saturated heterocycles. The van der Waals surface area contributed by atoms with Gasteiger partial charge in [0.2, 0.25) is 11.8 Å². The lowest BCUT2D eigenvalue weighted by Gasteiger charge is -2.26. The molecular weight excluding hydrogens is 479 g/mol. The van der Waals surface area contributed by atoms with Crippen LogP contribution in [-0.2, 0) is 14.3 Å². The van der Waals surface area contributed by atoms with E-state index in [1.807, 2.05) is 0 Å². The predicted molar refractivity (Wildman–Crippen MR) is 132 cm³/mol. The predicted octanol–water partition coefficient (Wildman–Crippen LogP) is 3.05. The van der Waals surface area contributed by atoms with Gasteiger partial charge in [0, 0.05) is 39.1 Å². The van der Waals surface area contributed by atoms with E-state index in [0.29, 0.717) is 41.7 Å². The summed E-state index contributed by atoms with van der Waals surface area (Å²) >= 11 is 12.3. The zero-order valence-electron chi connectivity index (χ0n) is 18.6. The number of nitrogens with one attached hydrogen (secondary N) is 2. The molecule has 180 valence electrons. The van der Waals surface area contributed by atoms with Crippen LogP contribution in [0.15, 0.2) is 42.5 Å². The van der Waals surface area contributed by atoms with Gasteiger partial charge >= 0.3 is 0 Å². The summed E-state index contributed by atoms with van der Waals surface area (Å²) in [6.07, 6.45) is 0.0442. The molecule has 2 heterocycles. The molecule has 2 aliphatic rings. The number of halogens is 2. The van der Waals surface area contributed by atoms with Crippen molar-refractivity contribution in [2.24, 2.45) is 5.92 Å². The smallest absolute Gasteiger partial charge is 0.253 e. The van der Waals surface area contributed by atoms with Gasteiger partial charge in [-0.15, -0.1) is 0 Å². The first kappa shape index (κ1) is 24.5. The minimum Gasteiger partial charge on any atom is -0.379 e. The molecular formula is C24H26Cl2N4O4. The molecule has 3 amide bonds. The maximum Gasteiger partial charge on any atom is 0.253 e. The van der Waals surface area contributed by atoms with E-state index < -0.39 is 5.92 Å². The van der Waals surface area contributed by atoms with Crippen LogP contribution in [0.25, 0.3) is 0 Å². The zero-order chi connectivity index (χ0) is 24.1. The van der Waals surface area contributed by atoms with Gasteiger partial charge in [-0.3, -0.25) is 19.3 Å². The monoisotopic (exact) mass is 504 g/mol. The summed E-state index contributed by atoms with van der Waals surface area (Å²) in [6, 6.07) is 11.9. The Morgan fingerprint density at radius 2 is 1.82 bits per heavy atom. The Hall–Kier alpha value is -2.65. The van der Waals surface area contributed by atoms with Gasteiger partial charge in [-0.05, 0) is 24.3 Å². The van der Waals surface area contributed by atoms with Crippen LogP contribution in [0.3, 0.4) is 0 Å². The first-order valence-electron chi connectivity index (χ1n) is 11.2. The van der Waals surface area contributed by atoms with E-state index in [1.165, 1.54) is 4.90 Å². The number of anilines is 2. The van der Waals surface area contributed by atoms with Gasteiger partial charge in [0.25, 0.3) is 5.91 Å². The second-order valence-corrected chi connectivity index (χ2v) is 9.01. The van der Waals surface area contributed by atoms with Crippen LogP contribution in [0.5, 0.6) is 0 Å². The second-order valence-electron chi connectivity index (χ2n) is 8.22. The lowest BCUT2D eigenvalue weighted by molar-refractivity contribution is -0.122. The third kappa shape index (κ3) is 5.70. The van der Waals surface area contributed by atoms with Crippen molar-refractivity contribution in [3.8, 4) is 0 Å². The molecule has 2 aromatic rings. The molecule has 0 spiro atoms. The normalized spacial score (nSPS) is 18.7. The molecule has 0 aromatic heterocycles. The zero-order valence-corrected chi connectivity index (χ0v) is 20.1. The van der Waals surface area contributed by atoms with Crippen molar-refractivity contribution in [1.29, 1.82) is 0 Å². The molecule has 0 bridgehead atoms. The molecule has 2 aliphatic heterocycles. The van der Waals surface area contributed by atoms with Gasteiger partial charge in [-0.25, -0.2) is 0 Å². The number of rotatable bonds is 7. The van der Waals surface area contributed by atoms with Gasteiger partial charge in [0.15, 0.2) is 0 Å². The number of morpholine rings is 1. The number of para-hydroxylation sites is 1. The number of nitrogens with zero attached hydrogens (tertiary/aromatic N) is 2. The summed E-state index contributed by atoms with van der Waals surface area (Å²) in [5.41, 5.74) is 1.26. The Kier molecular flexibility index (Phi) is 8.05. The molecule has 0 unspecified atom stereocenters. The maximum atomic E-state index is 13.0. The van der Waals surface area contributed by atoms with Crippen LogP contribution in [0.4, 0.5) is 11.4 Å². The lowest BCUT2D eigenvalue weighted by Crippen LogP contribution is -2.41. The minimum atomic E-state index is -0.583. The van der Waals surface area contributed by atoms with Crippen molar-refractivity contribution in [2.75, 3.05) is 56.2 Å². The van der Waals surface area contributed by atoms with Gasteiger partial charge in [-0.2, -0.15) is 0 Å².